The Bertz CT molecular complexity index is 503. The number of nitrogens with zero attached hydrogens (tertiary/aromatic N) is 1. The third-order valence-electron chi connectivity index (χ3n) is 4.32. The lowest BCUT2D eigenvalue weighted by Gasteiger charge is -2.36. The molecule has 2 fully saturated rings. The number of hydrogen-bond donors (Lipinski definition) is 1. The topological polar surface area (TPSA) is 41.6 Å². The fourth-order valence-electron chi connectivity index (χ4n) is 3.10. The molecule has 5 heteroatoms. The first-order valence-corrected chi connectivity index (χ1v) is 7.99. The molecule has 0 saturated carbocycles. The summed E-state index contributed by atoms with van der Waals surface area (Å²) in [7, 11) is 0. The third-order valence-corrected chi connectivity index (χ3v) is 4.66. The molecule has 4 nitrogen and oxygen atoms in total. The van der Waals surface area contributed by atoms with E-state index in [1.807, 2.05) is 29.2 Å². The Labute approximate surface area is 130 Å². The zero-order valence-electron chi connectivity index (χ0n) is 12.1. The van der Waals surface area contributed by atoms with Gasteiger partial charge in [0, 0.05) is 23.0 Å². The van der Waals surface area contributed by atoms with E-state index >= 15 is 0 Å². The molecule has 0 aliphatic carbocycles. The number of halogens is 1. The Balaban J connectivity index is 1.68. The second-order valence-electron chi connectivity index (χ2n) is 5.69. The van der Waals surface area contributed by atoms with Gasteiger partial charge in [0.15, 0.2) is 0 Å². The van der Waals surface area contributed by atoms with Gasteiger partial charge in [-0.2, -0.15) is 0 Å². The molecule has 114 valence electrons. The summed E-state index contributed by atoms with van der Waals surface area (Å²) >= 11 is 6.24. The minimum atomic E-state index is -0.113. The molecule has 2 saturated heterocycles. The van der Waals surface area contributed by atoms with Gasteiger partial charge in [0.1, 0.15) is 6.10 Å². The molecule has 0 bridgehead atoms. The average Bonchev–Trinajstić information content (AvgIpc) is 2.55. The van der Waals surface area contributed by atoms with Gasteiger partial charge in [0.2, 0.25) is 5.91 Å². The second-order valence-corrected chi connectivity index (χ2v) is 6.10. The lowest BCUT2D eigenvalue weighted by molar-refractivity contribution is -0.144. The van der Waals surface area contributed by atoms with Gasteiger partial charge in [-0.25, -0.2) is 0 Å². The number of amides is 1. The first kappa shape index (κ1) is 14.8. The summed E-state index contributed by atoms with van der Waals surface area (Å²) in [4.78, 5) is 14.6. The highest BCUT2D eigenvalue weighted by molar-refractivity contribution is 6.31. The predicted molar refractivity (Wildman–Crippen MR) is 82.3 cm³/mol. The van der Waals surface area contributed by atoms with E-state index in [-0.39, 0.29) is 17.9 Å². The maximum absolute atomic E-state index is 12.6. The smallest absolute Gasteiger partial charge is 0.225 e. The summed E-state index contributed by atoms with van der Waals surface area (Å²) in [6, 6.07) is 7.71. The van der Waals surface area contributed by atoms with Crippen LogP contribution >= 0.6 is 11.6 Å². The fraction of sp³-hybridized carbons (Fsp3) is 0.562. The molecule has 21 heavy (non-hydrogen) atoms. The van der Waals surface area contributed by atoms with Crippen LogP contribution in [0.25, 0.3) is 0 Å². The lowest BCUT2D eigenvalue weighted by atomic mass is 9.96. The van der Waals surface area contributed by atoms with Gasteiger partial charge in [-0.15, -0.1) is 0 Å². The van der Waals surface area contributed by atoms with Crippen molar-refractivity contribution in [1.82, 2.24) is 10.2 Å². The van der Waals surface area contributed by atoms with Crippen molar-refractivity contribution in [1.29, 1.82) is 0 Å². The third kappa shape index (κ3) is 3.39. The van der Waals surface area contributed by atoms with E-state index in [1.54, 1.807) is 0 Å². The molecule has 1 unspecified atom stereocenters. The van der Waals surface area contributed by atoms with Crippen LogP contribution < -0.4 is 5.32 Å². The van der Waals surface area contributed by atoms with Gasteiger partial charge in [-0.3, -0.25) is 4.79 Å². The Morgan fingerprint density at radius 2 is 2.05 bits per heavy atom. The number of ether oxygens (including phenoxy) is 1. The molecule has 0 spiro atoms. The molecule has 2 aliphatic heterocycles. The first-order valence-electron chi connectivity index (χ1n) is 7.61. The SMILES string of the molecule is O=C(C1CCNCC1)N1CCOC(c2ccccc2Cl)C1. The van der Waals surface area contributed by atoms with E-state index < -0.39 is 0 Å². The van der Waals surface area contributed by atoms with Crippen LogP contribution in [0.5, 0.6) is 0 Å². The van der Waals surface area contributed by atoms with Crippen molar-refractivity contribution in [2.45, 2.75) is 18.9 Å². The van der Waals surface area contributed by atoms with Crippen molar-refractivity contribution < 1.29 is 9.53 Å². The number of hydrogen-bond acceptors (Lipinski definition) is 3. The van der Waals surface area contributed by atoms with E-state index in [2.05, 4.69) is 5.32 Å². The van der Waals surface area contributed by atoms with Crippen LogP contribution in [0.1, 0.15) is 24.5 Å². The molecule has 3 rings (SSSR count). The summed E-state index contributed by atoms with van der Waals surface area (Å²) in [5, 5.41) is 4.01. The van der Waals surface area contributed by atoms with E-state index in [4.69, 9.17) is 16.3 Å². The van der Waals surface area contributed by atoms with E-state index in [9.17, 15) is 4.79 Å². The van der Waals surface area contributed by atoms with Gasteiger partial charge < -0.3 is 15.0 Å². The van der Waals surface area contributed by atoms with Crippen LogP contribution in [-0.2, 0) is 9.53 Å². The molecular formula is C16H21ClN2O2. The monoisotopic (exact) mass is 308 g/mol. The van der Waals surface area contributed by atoms with Crippen molar-refractivity contribution in [2.24, 2.45) is 5.92 Å². The minimum absolute atomic E-state index is 0.113. The molecular weight excluding hydrogens is 288 g/mol. The molecule has 0 aromatic heterocycles. The molecule has 1 N–H and O–H groups in total. The summed E-state index contributed by atoms with van der Waals surface area (Å²) in [6.45, 7) is 3.74. The number of carbonyl (C=O) groups excluding carboxylic acids is 1. The highest BCUT2D eigenvalue weighted by atomic mass is 35.5. The van der Waals surface area contributed by atoms with E-state index in [0.717, 1.165) is 31.5 Å². The number of rotatable bonds is 2. The van der Waals surface area contributed by atoms with Crippen molar-refractivity contribution in [2.75, 3.05) is 32.8 Å². The van der Waals surface area contributed by atoms with Crippen LogP contribution in [0.4, 0.5) is 0 Å². The van der Waals surface area contributed by atoms with Crippen molar-refractivity contribution in [3.05, 3.63) is 34.9 Å². The highest BCUT2D eigenvalue weighted by Crippen LogP contribution is 2.29. The van der Waals surface area contributed by atoms with Crippen molar-refractivity contribution in [3.63, 3.8) is 0 Å². The van der Waals surface area contributed by atoms with Crippen LogP contribution in [0.3, 0.4) is 0 Å². The Hall–Kier alpha value is -1.10. The Kier molecular flexibility index (Phi) is 4.78. The van der Waals surface area contributed by atoms with Crippen molar-refractivity contribution in [3.8, 4) is 0 Å². The maximum Gasteiger partial charge on any atom is 0.225 e. The number of piperidine rings is 1. The van der Waals surface area contributed by atoms with Gasteiger partial charge in [0.25, 0.3) is 0 Å². The standard InChI is InChI=1S/C16H21ClN2O2/c17-14-4-2-1-3-13(14)15-11-19(9-10-21-15)16(20)12-5-7-18-8-6-12/h1-4,12,15,18H,5-11H2. The lowest BCUT2D eigenvalue weighted by Crippen LogP contribution is -2.47. The Morgan fingerprint density at radius 1 is 1.29 bits per heavy atom. The van der Waals surface area contributed by atoms with Gasteiger partial charge in [-0.05, 0) is 32.0 Å². The molecule has 1 aromatic rings. The predicted octanol–water partition coefficient (Wildman–Crippen LogP) is 2.24. The quantitative estimate of drug-likeness (QED) is 0.911. The molecule has 2 heterocycles. The molecule has 2 aliphatic rings. The summed E-state index contributed by atoms with van der Waals surface area (Å²) in [5.74, 6) is 0.438. The van der Waals surface area contributed by atoms with Gasteiger partial charge in [0.05, 0.1) is 13.2 Å². The van der Waals surface area contributed by atoms with Crippen molar-refractivity contribution >= 4 is 17.5 Å². The molecule has 1 aromatic carbocycles. The number of nitrogens with one attached hydrogen (secondary N) is 1. The van der Waals surface area contributed by atoms with E-state index in [1.165, 1.54) is 0 Å². The second kappa shape index (κ2) is 6.77. The summed E-state index contributed by atoms with van der Waals surface area (Å²) in [6.07, 6.45) is 1.76. The zero-order valence-corrected chi connectivity index (χ0v) is 12.8. The molecule has 0 radical (unpaired) electrons. The number of carbonyl (C=O) groups is 1. The van der Waals surface area contributed by atoms with E-state index in [0.29, 0.717) is 24.7 Å². The van der Waals surface area contributed by atoms with Crippen LogP contribution in [0, 0.1) is 5.92 Å². The normalized spacial score (nSPS) is 24.0. The summed E-state index contributed by atoms with van der Waals surface area (Å²) in [5.41, 5.74) is 0.974. The molecule has 1 amide bonds. The molecule has 1 atom stereocenters. The highest BCUT2D eigenvalue weighted by Gasteiger charge is 2.31. The minimum Gasteiger partial charge on any atom is -0.370 e. The maximum atomic E-state index is 12.6. The van der Waals surface area contributed by atoms with Crippen LogP contribution in [-0.4, -0.2) is 43.6 Å². The Morgan fingerprint density at radius 3 is 2.81 bits per heavy atom. The number of benzene rings is 1. The zero-order chi connectivity index (χ0) is 14.7. The van der Waals surface area contributed by atoms with Crippen LogP contribution in [0.15, 0.2) is 24.3 Å². The van der Waals surface area contributed by atoms with Gasteiger partial charge in [-0.1, -0.05) is 29.8 Å². The fourth-order valence-corrected chi connectivity index (χ4v) is 3.36. The van der Waals surface area contributed by atoms with Crippen LogP contribution in [0.2, 0.25) is 5.02 Å². The number of morpholine rings is 1. The first-order chi connectivity index (χ1) is 10.3. The average molecular weight is 309 g/mol. The van der Waals surface area contributed by atoms with Gasteiger partial charge >= 0.3 is 0 Å². The largest absolute Gasteiger partial charge is 0.370 e. The summed E-state index contributed by atoms with van der Waals surface area (Å²) < 4.78 is 5.82.